The Morgan fingerprint density at radius 2 is 2.06 bits per heavy atom. The van der Waals surface area contributed by atoms with E-state index in [9.17, 15) is 9.18 Å². The Hall–Kier alpha value is -1.38. The van der Waals surface area contributed by atoms with Gasteiger partial charge < -0.3 is 4.74 Å². The van der Waals surface area contributed by atoms with Gasteiger partial charge in [0, 0.05) is 5.56 Å². The van der Waals surface area contributed by atoms with Crippen LogP contribution in [0.4, 0.5) is 4.39 Å². The Balaban J connectivity index is 2.80. The van der Waals surface area contributed by atoms with Crippen molar-refractivity contribution in [3.63, 3.8) is 0 Å². The summed E-state index contributed by atoms with van der Waals surface area (Å²) in [4.78, 5) is 11.1. The molecule has 0 saturated carbocycles. The lowest BCUT2D eigenvalue weighted by atomic mass is 10.1. The molecule has 2 nitrogen and oxygen atoms in total. The average molecular weight is 224 g/mol. The van der Waals surface area contributed by atoms with Crippen LogP contribution in [0.15, 0.2) is 18.2 Å². The smallest absolute Gasteiger partial charge is 0.159 e. The number of ketones is 1. The van der Waals surface area contributed by atoms with E-state index in [1.165, 1.54) is 20.8 Å². The molecule has 88 valence electrons. The van der Waals surface area contributed by atoms with E-state index in [4.69, 9.17) is 4.74 Å². The Bertz CT molecular complexity index is 391. The minimum atomic E-state index is -1.36. The summed E-state index contributed by atoms with van der Waals surface area (Å²) in [6, 6.07) is 5.15. The predicted molar refractivity (Wildman–Crippen MR) is 61.9 cm³/mol. The second-order valence-corrected chi connectivity index (χ2v) is 4.54. The standard InChI is InChI=1S/C13H17FO2/c1-9-7-11(10(2)15)5-6-12(9)16-8-13(3,4)14/h5-7H,8H2,1-4H3. The van der Waals surface area contributed by atoms with E-state index in [1.807, 2.05) is 6.92 Å². The molecule has 0 aliphatic rings. The first-order chi connectivity index (χ1) is 7.29. The molecular formula is C13H17FO2. The van der Waals surface area contributed by atoms with Gasteiger partial charge in [-0.15, -0.1) is 0 Å². The van der Waals surface area contributed by atoms with E-state index in [0.29, 0.717) is 11.3 Å². The largest absolute Gasteiger partial charge is 0.490 e. The fourth-order valence-corrected chi connectivity index (χ4v) is 1.28. The minimum Gasteiger partial charge on any atom is -0.490 e. The van der Waals surface area contributed by atoms with Crippen molar-refractivity contribution in [3.05, 3.63) is 29.3 Å². The topological polar surface area (TPSA) is 26.3 Å². The van der Waals surface area contributed by atoms with Crippen molar-refractivity contribution < 1.29 is 13.9 Å². The molecule has 0 bridgehead atoms. The van der Waals surface area contributed by atoms with Crippen molar-refractivity contribution in [2.45, 2.75) is 33.4 Å². The van der Waals surface area contributed by atoms with Crippen LogP contribution in [0.3, 0.4) is 0 Å². The van der Waals surface area contributed by atoms with Crippen molar-refractivity contribution >= 4 is 5.78 Å². The maximum absolute atomic E-state index is 13.2. The highest BCUT2D eigenvalue weighted by Gasteiger charge is 2.17. The van der Waals surface area contributed by atoms with Crippen LogP contribution in [-0.4, -0.2) is 18.1 Å². The number of alkyl halides is 1. The quantitative estimate of drug-likeness (QED) is 0.733. The summed E-state index contributed by atoms with van der Waals surface area (Å²) in [5, 5.41) is 0. The van der Waals surface area contributed by atoms with Crippen LogP contribution in [0.2, 0.25) is 0 Å². The van der Waals surface area contributed by atoms with Gasteiger partial charge >= 0.3 is 0 Å². The number of rotatable bonds is 4. The molecule has 0 N–H and O–H groups in total. The van der Waals surface area contributed by atoms with Gasteiger partial charge in [0.15, 0.2) is 5.78 Å². The minimum absolute atomic E-state index is 0.00720. The fraction of sp³-hybridized carbons (Fsp3) is 0.462. The molecule has 16 heavy (non-hydrogen) atoms. The van der Waals surface area contributed by atoms with Crippen LogP contribution < -0.4 is 4.74 Å². The van der Waals surface area contributed by atoms with Gasteiger partial charge in [-0.1, -0.05) is 0 Å². The fourth-order valence-electron chi connectivity index (χ4n) is 1.28. The summed E-state index contributed by atoms with van der Waals surface area (Å²) in [7, 11) is 0. The molecule has 1 aromatic rings. The molecule has 0 heterocycles. The number of benzene rings is 1. The molecule has 0 amide bonds. The molecule has 0 atom stereocenters. The normalized spacial score (nSPS) is 11.3. The molecule has 0 radical (unpaired) electrons. The molecule has 0 aliphatic heterocycles. The second-order valence-electron chi connectivity index (χ2n) is 4.54. The zero-order chi connectivity index (χ0) is 12.3. The van der Waals surface area contributed by atoms with E-state index in [2.05, 4.69) is 0 Å². The van der Waals surface area contributed by atoms with E-state index in [0.717, 1.165) is 5.56 Å². The molecule has 0 aromatic heterocycles. The Labute approximate surface area is 95.4 Å². The number of hydrogen-bond donors (Lipinski definition) is 0. The van der Waals surface area contributed by atoms with Crippen LogP contribution in [0.25, 0.3) is 0 Å². The average Bonchev–Trinajstić information content (AvgIpc) is 2.14. The summed E-state index contributed by atoms with van der Waals surface area (Å²) < 4.78 is 18.6. The van der Waals surface area contributed by atoms with Crippen LogP contribution >= 0.6 is 0 Å². The van der Waals surface area contributed by atoms with Crippen LogP contribution in [0.1, 0.15) is 36.7 Å². The molecule has 1 rings (SSSR count). The summed E-state index contributed by atoms with van der Waals surface area (Å²) in [6.07, 6.45) is 0. The number of aryl methyl sites for hydroxylation is 1. The number of carbonyl (C=O) groups excluding carboxylic acids is 1. The number of ether oxygens (including phenoxy) is 1. The molecule has 1 aromatic carbocycles. The number of hydrogen-bond acceptors (Lipinski definition) is 2. The van der Waals surface area contributed by atoms with Crippen LogP contribution in [-0.2, 0) is 0 Å². The van der Waals surface area contributed by atoms with E-state index >= 15 is 0 Å². The Morgan fingerprint density at radius 3 is 2.50 bits per heavy atom. The van der Waals surface area contributed by atoms with Crippen LogP contribution in [0, 0.1) is 6.92 Å². The van der Waals surface area contributed by atoms with Gasteiger partial charge in [-0.3, -0.25) is 4.79 Å². The Morgan fingerprint density at radius 1 is 1.44 bits per heavy atom. The third kappa shape index (κ3) is 3.65. The van der Waals surface area contributed by atoms with Gasteiger partial charge in [0.25, 0.3) is 0 Å². The molecule has 0 aliphatic carbocycles. The van der Waals surface area contributed by atoms with Gasteiger partial charge in [0.2, 0.25) is 0 Å². The summed E-state index contributed by atoms with van der Waals surface area (Å²) in [5.41, 5.74) is 0.132. The maximum atomic E-state index is 13.2. The molecule has 3 heteroatoms. The summed E-state index contributed by atoms with van der Waals surface area (Å²) >= 11 is 0. The molecule has 0 spiro atoms. The van der Waals surface area contributed by atoms with E-state index in [-0.39, 0.29) is 12.4 Å². The zero-order valence-electron chi connectivity index (χ0n) is 10.1. The third-order valence-corrected chi connectivity index (χ3v) is 2.15. The lowest BCUT2D eigenvalue weighted by Gasteiger charge is -2.16. The highest BCUT2D eigenvalue weighted by molar-refractivity contribution is 5.94. The van der Waals surface area contributed by atoms with Gasteiger partial charge in [-0.25, -0.2) is 4.39 Å². The molecule has 0 fully saturated rings. The summed E-state index contributed by atoms with van der Waals surface area (Å²) in [6.45, 7) is 6.29. The summed E-state index contributed by atoms with van der Waals surface area (Å²) in [5.74, 6) is 0.635. The zero-order valence-corrected chi connectivity index (χ0v) is 10.1. The van der Waals surface area contributed by atoms with E-state index < -0.39 is 5.67 Å². The number of carbonyl (C=O) groups is 1. The van der Waals surface area contributed by atoms with Gasteiger partial charge in [-0.05, 0) is 51.5 Å². The van der Waals surface area contributed by atoms with Crippen molar-refractivity contribution in [2.24, 2.45) is 0 Å². The second kappa shape index (κ2) is 4.64. The number of Topliss-reactive ketones (excluding diaryl/α,β-unsaturated/α-hetero) is 1. The van der Waals surface area contributed by atoms with Crippen molar-refractivity contribution in [1.82, 2.24) is 0 Å². The molecule has 0 saturated heterocycles. The van der Waals surface area contributed by atoms with Gasteiger partial charge in [-0.2, -0.15) is 0 Å². The SMILES string of the molecule is CC(=O)c1ccc(OCC(C)(C)F)c(C)c1. The number of halogens is 1. The van der Waals surface area contributed by atoms with Crippen molar-refractivity contribution in [3.8, 4) is 5.75 Å². The lowest BCUT2D eigenvalue weighted by Crippen LogP contribution is -2.22. The van der Waals surface area contributed by atoms with Crippen molar-refractivity contribution in [1.29, 1.82) is 0 Å². The van der Waals surface area contributed by atoms with Gasteiger partial charge in [0.1, 0.15) is 18.0 Å². The highest BCUT2D eigenvalue weighted by atomic mass is 19.1. The lowest BCUT2D eigenvalue weighted by molar-refractivity contribution is 0.101. The monoisotopic (exact) mass is 224 g/mol. The van der Waals surface area contributed by atoms with Crippen LogP contribution in [0.5, 0.6) is 5.75 Å². The van der Waals surface area contributed by atoms with Crippen molar-refractivity contribution in [2.75, 3.05) is 6.61 Å². The third-order valence-electron chi connectivity index (χ3n) is 2.15. The molecular weight excluding hydrogens is 207 g/mol. The first-order valence-corrected chi connectivity index (χ1v) is 5.23. The first kappa shape index (κ1) is 12.7. The first-order valence-electron chi connectivity index (χ1n) is 5.23. The Kier molecular flexibility index (Phi) is 3.68. The van der Waals surface area contributed by atoms with Gasteiger partial charge in [0.05, 0.1) is 0 Å². The maximum Gasteiger partial charge on any atom is 0.159 e. The molecule has 0 unspecified atom stereocenters. The van der Waals surface area contributed by atoms with E-state index in [1.54, 1.807) is 18.2 Å². The predicted octanol–water partition coefficient (Wildman–Crippen LogP) is 3.32. The highest BCUT2D eigenvalue weighted by Crippen LogP contribution is 2.21.